The number of carbonyl (C=O) groups is 1. The van der Waals surface area contributed by atoms with Gasteiger partial charge in [0.05, 0.1) is 11.3 Å². The lowest BCUT2D eigenvalue weighted by molar-refractivity contribution is -0.160. The molecule has 1 atom stereocenters. The first kappa shape index (κ1) is 28.6. The number of carboxylic acid groups (broad SMARTS) is 1. The molecule has 2 aromatic heterocycles. The van der Waals surface area contributed by atoms with E-state index in [1.165, 1.54) is 0 Å². The van der Waals surface area contributed by atoms with Crippen molar-refractivity contribution in [2.24, 2.45) is 5.41 Å². The van der Waals surface area contributed by atoms with Crippen molar-refractivity contribution in [3.8, 4) is 17.0 Å². The van der Waals surface area contributed by atoms with Crippen LogP contribution in [0, 0.1) is 19.3 Å². The van der Waals surface area contributed by atoms with Gasteiger partial charge in [-0.05, 0) is 64.5 Å². The Bertz CT molecular complexity index is 1290. The number of rotatable bonds is 8. The summed E-state index contributed by atoms with van der Waals surface area (Å²) < 4.78 is 12.1. The number of benzene rings is 1. The Balaban J connectivity index is 1.79. The van der Waals surface area contributed by atoms with Crippen LogP contribution in [-0.4, -0.2) is 39.7 Å². The van der Waals surface area contributed by atoms with Gasteiger partial charge < -0.3 is 19.5 Å². The number of piperidine rings is 1. The molecule has 1 aromatic carbocycles. The topological polar surface area (TPSA) is 84.8 Å². The smallest absolute Gasteiger partial charge is 0.337 e. The van der Waals surface area contributed by atoms with Gasteiger partial charge in [-0.25, -0.2) is 9.78 Å². The second-order valence-corrected chi connectivity index (χ2v) is 12.2. The Kier molecular flexibility index (Phi) is 8.31. The Morgan fingerprint density at radius 1 is 1.05 bits per heavy atom. The fourth-order valence-electron chi connectivity index (χ4n) is 5.10. The van der Waals surface area contributed by atoms with E-state index in [0.717, 1.165) is 54.0 Å². The SMILES string of the molecule is Cc1nc(C)c([C@H](OC(C)(C)C)C(=O)O)c(N2CCC(C)(C)CC2)c1-c1ccc(OCc2ccccc2)nc1. The quantitative estimate of drug-likeness (QED) is 0.338. The van der Waals surface area contributed by atoms with Crippen molar-refractivity contribution < 1.29 is 19.4 Å². The number of hydrogen-bond donors (Lipinski definition) is 1. The van der Waals surface area contributed by atoms with Crippen molar-refractivity contribution in [3.05, 3.63) is 71.2 Å². The van der Waals surface area contributed by atoms with Crippen molar-refractivity contribution in [1.82, 2.24) is 9.97 Å². The third-order valence-electron chi connectivity index (χ3n) is 7.22. The minimum Gasteiger partial charge on any atom is -0.479 e. The van der Waals surface area contributed by atoms with E-state index >= 15 is 0 Å². The normalized spacial score (nSPS) is 16.1. The summed E-state index contributed by atoms with van der Waals surface area (Å²) in [4.78, 5) is 24.4. The summed E-state index contributed by atoms with van der Waals surface area (Å²) in [5.41, 5.74) is 5.41. The van der Waals surface area contributed by atoms with Gasteiger partial charge in [-0.1, -0.05) is 44.2 Å². The summed E-state index contributed by atoms with van der Waals surface area (Å²) in [6.45, 7) is 16.1. The monoisotopic (exact) mass is 531 g/mol. The van der Waals surface area contributed by atoms with Crippen molar-refractivity contribution in [2.75, 3.05) is 18.0 Å². The van der Waals surface area contributed by atoms with Gasteiger partial charge in [0, 0.05) is 53.4 Å². The number of nitrogens with zero attached hydrogens (tertiary/aromatic N) is 3. The molecule has 1 saturated heterocycles. The molecule has 0 saturated carbocycles. The maximum absolute atomic E-state index is 12.6. The molecule has 4 rings (SSSR count). The second-order valence-electron chi connectivity index (χ2n) is 12.2. The Hall–Kier alpha value is -3.45. The minimum atomic E-state index is -1.15. The molecule has 3 heterocycles. The van der Waals surface area contributed by atoms with E-state index in [-0.39, 0.29) is 5.41 Å². The number of anilines is 1. The van der Waals surface area contributed by atoms with Crippen LogP contribution in [0.3, 0.4) is 0 Å². The fourth-order valence-corrected chi connectivity index (χ4v) is 5.10. The number of pyridine rings is 2. The van der Waals surface area contributed by atoms with Crippen molar-refractivity contribution in [1.29, 1.82) is 0 Å². The van der Waals surface area contributed by atoms with Gasteiger partial charge in [-0.3, -0.25) is 4.98 Å². The van der Waals surface area contributed by atoms with Crippen LogP contribution in [0.15, 0.2) is 48.7 Å². The molecule has 39 heavy (non-hydrogen) atoms. The predicted molar refractivity (Wildman–Crippen MR) is 154 cm³/mol. The van der Waals surface area contributed by atoms with E-state index in [4.69, 9.17) is 14.5 Å². The van der Waals surface area contributed by atoms with Gasteiger partial charge in [0.2, 0.25) is 5.88 Å². The molecular weight excluding hydrogens is 490 g/mol. The Morgan fingerprint density at radius 3 is 2.28 bits per heavy atom. The zero-order chi connectivity index (χ0) is 28.4. The van der Waals surface area contributed by atoms with Crippen molar-refractivity contribution >= 4 is 11.7 Å². The number of aromatic nitrogens is 2. The lowest BCUT2D eigenvalue weighted by atomic mass is 9.82. The van der Waals surface area contributed by atoms with E-state index in [9.17, 15) is 9.90 Å². The van der Waals surface area contributed by atoms with Crippen LogP contribution in [0.1, 0.15) is 76.1 Å². The molecule has 0 radical (unpaired) electrons. The summed E-state index contributed by atoms with van der Waals surface area (Å²) >= 11 is 0. The van der Waals surface area contributed by atoms with E-state index in [1.54, 1.807) is 6.20 Å². The van der Waals surface area contributed by atoms with Crippen LogP contribution in [0.25, 0.3) is 11.1 Å². The van der Waals surface area contributed by atoms with Gasteiger partial charge in [-0.2, -0.15) is 0 Å². The molecule has 0 amide bonds. The molecule has 7 nitrogen and oxygen atoms in total. The molecule has 1 aliphatic heterocycles. The molecular formula is C32H41N3O4. The van der Waals surface area contributed by atoms with Crippen LogP contribution in [0.2, 0.25) is 0 Å². The first-order valence-corrected chi connectivity index (χ1v) is 13.6. The lowest BCUT2D eigenvalue weighted by Crippen LogP contribution is -2.39. The Morgan fingerprint density at radius 2 is 1.72 bits per heavy atom. The average molecular weight is 532 g/mol. The number of aliphatic carboxylic acids is 1. The molecule has 0 aliphatic carbocycles. The highest BCUT2D eigenvalue weighted by Gasteiger charge is 2.36. The van der Waals surface area contributed by atoms with Gasteiger partial charge in [-0.15, -0.1) is 0 Å². The molecule has 0 spiro atoms. The first-order valence-electron chi connectivity index (χ1n) is 13.6. The van der Waals surface area contributed by atoms with Crippen molar-refractivity contribution in [2.45, 2.75) is 79.6 Å². The number of ether oxygens (including phenoxy) is 2. The molecule has 1 N–H and O–H groups in total. The standard InChI is InChI=1S/C32H41N3O4/c1-21-26(24-13-14-25(33-19-24)38-20-23-11-9-8-10-12-23)28(35-17-15-32(6,7)16-18-35)27(22(2)34-21)29(30(36)37)39-31(3,4)5/h8-14,19,29H,15-18,20H2,1-7H3,(H,36,37)/t29-/m0/s1. The average Bonchev–Trinajstić information content (AvgIpc) is 2.86. The third-order valence-corrected chi connectivity index (χ3v) is 7.22. The number of aryl methyl sites for hydroxylation is 2. The zero-order valence-electron chi connectivity index (χ0n) is 24.2. The van der Waals surface area contributed by atoms with Crippen molar-refractivity contribution in [3.63, 3.8) is 0 Å². The van der Waals surface area contributed by atoms with Crippen LogP contribution in [0.5, 0.6) is 5.88 Å². The molecule has 0 unspecified atom stereocenters. The van der Waals surface area contributed by atoms with Gasteiger partial charge in [0.15, 0.2) is 6.10 Å². The van der Waals surface area contributed by atoms with E-state index in [2.05, 4.69) is 23.7 Å². The van der Waals surface area contributed by atoms with E-state index in [1.807, 2.05) is 77.1 Å². The third kappa shape index (κ3) is 6.95. The maximum atomic E-state index is 12.6. The van der Waals surface area contributed by atoms with E-state index < -0.39 is 17.7 Å². The molecule has 208 valence electrons. The summed E-state index contributed by atoms with van der Waals surface area (Å²) in [6, 6.07) is 13.8. The summed E-state index contributed by atoms with van der Waals surface area (Å²) in [6.07, 6.45) is 2.66. The predicted octanol–water partition coefficient (Wildman–Crippen LogP) is 6.91. The van der Waals surface area contributed by atoms with Gasteiger partial charge >= 0.3 is 5.97 Å². The van der Waals surface area contributed by atoms with Crippen LogP contribution < -0.4 is 9.64 Å². The highest BCUT2D eigenvalue weighted by Crippen LogP contribution is 2.44. The number of carboxylic acids is 1. The van der Waals surface area contributed by atoms with Gasteiger partial charge in [0.25, 0.3) is 0 Å². The number of hydrogen-bond acceptors (Lipinski definition) is 6. The summed E-state index contributed by atoms with van der Waals surface area (Å²) in [5, 5.41) is 10.3. The zero-order valence-corrected chi connectivity index (χ0v) is 24.2. The second kappa shape index (κ2) is 11.3. The lowest BCUT2D eigenvalue weighted by Gasteiger charge is -2.41. The first-order chi connectivity index (χ1) is 18.3. The molecule has 7 heteroatoms. The highest BCUT2D eigenvalue weighted by molar-refractivity contribution is 5.87. The molecule has 3 aromatic rings. The molecule has 0 bridgehead atoms. The summed E-state index contributed by atoms with van der Waals surface area (Å²) in [5.74, 6) is -0.493. The van der Waals surface area contributed by atoms with E-state index in [0.29, 0.717) is 23.7 Å². The Labute approximate surface area is 232 Å². The largest absolute Gasteiger partial charge is 0.479 e. The van der Waals surface area contributed by atoms with Crippen LogP contribution in [-0.2, 0) is 16.1 Å². The van der Waals surface area contributed by atoms with Gasteiger partial charge in [0.1, 0.15) is 6.61 Å². The minimum absolute atomic E-state index is 0.237. The highest BCUT2D eigenvalue weighted by atomic mass is 16.5. The maximum Gasteiger partial charge on any atom is 0.337 e. The fraction of sp³-hybridized carbons (Fsp3) is 0.469. The molecule has 1 fully saturated rings. The van der Waals surface area contributed by atoms with Crippen LogP contribution in [0.4, 0.5) is 5.69 Å². The van der Waals surface area contributed by atoms with Crippen LogP contribution >= 0.6 is 0 Å². The molecule has 1 aliphatic rings. The summed E-state index contributed by atoms with van der Waals surface area (Å²) in [7, 11) is 0.